The zero-order valence-corrected chi connectivity index (χ0v) is 6.92. The molecule has 0 aliphatic carbocycles. The molecule has 0 radical (unpaired) electrons. The van der Waals surface area contributed by atoms with Crippen molar-refractivity contribution < 1.29 is 14.3 Å². The summed E-state index contributed by atoms with van der Waals surface area (Å²) in [5, 5.41) is 5.12. The third-order valence-electron chi connectivity index (χ3n) is 1.67. The van der Waals surface area contributed by atoms with Crippen molar-refractivity contribution in [2.24, 2.45) is 0 Å². The van der Waals surface area contributed by atoms with Gasteiger partial charge < -0.3 is 10.1 Å². The molecule has 1 saturated heterocycles. The van der Waals surface area contributed by atoms with E-state index >= 15 is 0 Å². The molecule has 0 aromatic heterocycles. The molecule has 0 bridgehead atoms. The van der Waals surface area contributed by atoms with Crippen LogP contribution in [0, 0.1) is 0 Å². The summed E-state index contributed by atoms with van der Waals surface area (Å²) >= 11 is 0. The lowest BCUT2D eigenvalue weighted by atomic mass is 10.2. The Balaban J connectivity index is 2.24. The lowest BCUT2D eigenvalue weighted by molar-refractivity contribution is -0.125. The van der Waals surface area contributed by atoms with Gasteiger partial charge in [-0.05, 0) is 0 Å². The number of carbonyl (C=O) groups excluding carboxylic acids is 2. The van der Waals surface area contributed by atoms with Gasteiger partial charge in [-0.2, -0.15) is 0 Å². The van der Waals surface area contributed by atoms with E-state index in [-0.39, 0.29) is 24.3 Å². The van der Waals surface area contributed by atoms with E-state index in [9.17, 15) is 9.59 Å². The first-order chi connectivity index (χ1) is 5.74. The van der Waals surface area contributed by atoms with Gasteiger partial charge in [0.1, 0.15) is 0 Å². The number of hydrogen-bond donors (Lipinski definition) is 2. The number of ether oxygens (including phenoxy) is 1. The molecule has 0 saturated carbocycles. The van der Waals surface area contributed by atoms with E-state index < -0.39 is 0 Å². The summed E-state index contributed by atoms with van der Waals surface area (Å²) in [6, 6.07) is -0.368. The fourth-order valence-electron chi connectivity index (χ4n) is 1.05. The number of rotatable bonds is 4. The summed E-state index contributed by atoms with van der Waals surface area (Å²) < 4.78 is 4.78. The molecule has 68 valence electrons. The van der Waals surface area contributed by atoms with Gasteiger partial charge in [0.2, 0.25) is 11.8 Å². The van der Waals surface area contributed by atoms with Gasteiger partial charge in [0.15, 0.2) is 0 Å². The molecule has 1 rings (SSSR count). The SMILES string of the molecule is COCCN[C@H]1CC(=O)NC1=O. The summed E-state index contributed by atoms with van der Waals surface area (Å²) in [5.74, 6) is -0.453. The lowest BCUT2D eigenvalue weighted by Crippen LogP contribution is -2.37. The van der Waals surface area contributed by atoms with Crippen molar-refractivity contribution in [1.82, 2.24) is 10.6 Å². The van der Waals surface area contributed by atoms with Crippen molar-refractivity contribution >= 4 is 11.8 Å². The second-order valence-electron chi connectivity index (χ2n) is 2.62. The second kappa shape index (κ2) is 4.18. The zero-order valence-electron chi connectivity index (χ0n) is 6.92. The Bertz CT molecular complexity index is 193. The third kappa shape index (κ3) is 2.28. The first-order valence-electron chi connectivity index (χ1n) is 3.80. The Labute approximate surface area is 70.5 Å². The van der Waals surface area contributed by atoms with Crippen LogP contribution in [0.5, 0.6) is 0 Å². The molecule has 2 N–H and O–H groups in total. The highest BCUT2D eigenvalue weighted by molar-refractivity contribution is 6.05. The van der Waals surface area contributed by atoms with Gasteiger partial charge in [-0.1, -0.05) is 0 Å². The van der Waals surface area contributed by atoms with Crippen LogP contribution in [0.2, 0.25) is 0 Å². The predicted molar refractivity (Wildman–Crippen MR) is 41.4 cm³/mol. The van der Waals surface area contributed by atoms with Crippen LogP contribution in [-0.4, -0.2) is 38.1 Å². The van der Waals surface area contributed by atoms with Gasteiger partial charge in [-0.25, -0.2) is 0 Å². The van der Waals surface area contributed by atoms with Gasteiger partial charge in [0.05, 0.1) is 19.1 Å². The fraction of sp³-hybridized carbons (Fsp3) is 0.714. The molecule has 0 unspecified atom stereocenters. The number of carbonyl (C=O) groups is 2. The predicted octanol–water partition coefficient (Wildman–Crippen LogP) is -1.36. The number of imide groups is 1. The maximum absolute atomic E-state index is 10.9. The van der Waals surface area contributed by atoms with Crippen molar-refractivity contribution in [2.75, 3.05) is 20.3 Å². The van der Waals surface area contributed by atoms with Gasteiger partial charge >= 0.3 is 0 Å². The average molecular weight is 172 g/mol. The van der Waals surface area contributed by atoms with Crippen LogP contribution >= 0.6 is 0 Å². The van der Waals surface area contributed by atoms with Crippen LogP contribution in [0.15, 0.2) is 0 Å². The number of nitrogens with one attached hydrogen (secondary N) is 2. The van der Waals surface area contributed by atoms with E-state index in [0.717, 1.165) is 0 Å². The molecule has 1 fully saturated rings. The van der Waals surface area contributed by atoms with E-state index in [1.807, 2.05) is 0 Å². The highest BCUT2D eigenvalue weighted by Gasteiger charge is 2.29. The van der Waals surface area contributed by atoms with E-state index in [2.05, 4.69) is 10.6 Å². The largest absolute Gasteiger partial charge is 0.383 e. The van der Waals surface area contributed by atoms with Gasteiger partial charge in [0.25, 0.3) is 0 Å². The van der Waals surface area contributed by atoms with Crippen LogP contribution in [0.1, 0.15) is 6.42 Å². The van der Waals surface area contributed by atoms with Crippen LogP contribution < -0.4 is 10.6 Å². The number of amides is 2. The van der Waals surface area contributed by atoms with E-state index in [1.54, 1.807) is 7.11 Å². The lowest BCUT2D eigenvalue weighted by Gasteiger charge is -2.07. The first-order valence-corrected chi connectivity index (χ1v) is 3.80. The summed E-state index contributed by atoms with van der Waals surface area (Å²) in [7, 11) is 1.58. The molecule has 1 aliphatic rings. The van der Waals surface area contributed by atoms with Crippen LogP contribution in [-0.2, 0) is 14.3 Å². The summed E-state index contributed by atoms with van der Waals surface area (Å²) in [6.07, 6.45) is 0.239. The van der Waals surface area contributed by atoms with E-state index in [1.165, 1.54) is 0 Å². The molecule has 12 heavy (non-hydrogen) atoms. The standard InChI is InChI=1S/C7H12N2O3/c1-12-3-2-8-5-4-6(10)9-7(5)11/h5,8H,2-4H2,1H3,(H,9,10,11)/t5-/m0/s1. The zero-order chi connectivity index (χ0) is 8.97. The van der Waals surface area contributed by atoms with Crippen LogP contribution in [0.4, 0.5) is 0 Å². The Kier molecular flexibility index (Phi) is 3.19. The number of hydrogen-bond acceptors (Lipinski definition) is 4. The minimum atomic E-state index is -0.368. The molecule has 1 heterocycles. The first kappa shape index (κ1) is 9.15. The molecule has 2 amide bonds. The summed E-state index contributed by atoms with van der Waals surface area (Å²) in [5.41, 5.74) is 0. The average Bonchev–Trinajstić information content (AvgIpc) is 2.31. The van der Waals surface area contributed by atoms with E-state index in [0.29, 0.717) is 13.2 Å². The van der Waals surface area contributed by atoms with Gasteiger partial charge in [0, 0.05) is 13.7 Å². The molecule has 1 atom stereocenters. The quantitative estimate of drug-likeness (QED) is 0.406. The summed E-state index contributed by atoms with van der Waals surface area (Å²) in [6.45, 7) is 1.12. The Morgan fingerprint density at radius 3 is 2.92 bits per heavy atom. The van der Waals surface area contributed by atoms with Crippen LogP contribution in [0.3, 0.4) is 0 Å². The van der Waals surface area contributed by atoms with Crippen LogP contribution in [0.25, 0.3) is 0 Å². The molecule has 1 aliphatic heterocycles. The molecule has 5 heteroatoms. The van der Waals surface area contributed by atoms with Crippen molar-refractivity contribution in [3.8, 4) is 0 Å². The maximum atomic E-state index is 10.9. The van der Waals surface area contributed by atoms with Crippen molar-refractivity contribution in [2.45, 2.75) is 12.5 Å². The Morgan fingerprint density at radius 2 is 2.42 bits per heavy atom. The fourth-order valence-corrected chi connectivity index (χ4v) is 1.05. The van der Waals surface area contributed by atoms with Crippen molar-refractivity contribution in [3.05, 3.63) is 0 Å². The minimum Gasteiger partial charge on any atom is -0.383 e. The molecular weight excluding hydrogens is 160 g/mol. The molecule has 0 aromatic rings. The third-order valence-corrected chi connectivity index (χ3v) is 1.67. The van der Waals surface area contributed by atoms with Gasteiger partial charge in [-0.15, -0.1) is 0 Å². The van der Waals surface area contributed by atoms with Crippen molar-refractivity contribution in [1.29, 1.82) is 0 Å². The Hall–Kier alpha value is -0.940. The topological polar surface area (TPSA) is 67.4 Å². The Morgan fingerprint density at radius 1 is 1.67 bits per heavy atom. The molecule has 0 aromatic carbocycles. The molecule has 5 nitrogen and oxygen atoms in total. The van der Waals surface area contributed by atoms with E-state index in [4.69, 9.17) is 4.74 Å². The highest BCUT2D eigenvalue weighted by Crippen LogP contribution is 1.99. The smallest absolute Gasteiger partial charge is 0.244 e. The molecule has 0 spiro atoms. The van der Waals surface area contributed by atoms with Crippen molar-refractivity contribution in [3.63, 3.8) is 0 Å². The maximum Gasteiger partial charge on any atom is 0.244 e. The second-order valence-corrected chi connectivity index (χ2v) is 2.62. The highest BCUT2D eigenvalue weighted by atomic mass is 16.5. The number of methoxy groups -OCH3 is 1. The summed E-state index contributed by atoms with van der Waals surface area (Å²) in [4.78, 5) is 21.6. The molecular formula is C7H12N2O3. The monoisotopic (exact) mass is 172 g/mol. The normalized spacial score (nSPS) is 22.9. The van der Waals surface area contributed by atoms with Gasteiger partial charge in [-0.3, -0.25) is 14.9 Å². The minimum absolute atomic E-state index is 0.213.